The molecule has 38 heavy (non-hydrogen) atoms. The van der Waals surface area contributed by atoms with Crippen LogP contribution in [0.5, 0.6) is 5.75 Å². The first-order chi connectivity index (χ1) is 18.2. The summed E-state index contributed by atoms with van der Waals surface area (Å²) in [5.41, 5.74) is 1.29. The Bertz CT molecular complexity index is 1460. The minimum atomic E-state index is -0.677. The van der Waals surface area contributed by atoms with Crippen LogP contribution in [0.25, 0.3) is 6.08 Å². The van der Waals surface area contributed by atoms with E-state index < -0.39 is 29.6 Å². The molecule has 3 aromatic carbocycles. The van der Waals surface area contributed by atoms with E-state index in [9.17, 15) is 23.6 Å². The SMILES string of the molecule is COC(=O)c1cc(NC(=O)CN2C(=O)S/C(=C/c3cccc(OCc4ccccc4F)c3)C2=O)ccc1Cl. The van der Waals surface area contributed by atoms with Crippen LogP contribution in [0.3, 0.4) is 0 Å². The summed E-state index contributed by atoms with van der Waals surface area (Å²) in [4.78, 5) is 50.6. The standard InChI is InChI=1S/C27H20ClFN2O6S/c1-36-26(34)20-13-18(9-10-21(20)28)30-24(32)14-31-25(33)23(38-27(31)35)12-16-5-4-7-19(11-16)37-15-17-6-2-3-8-22(17)29/h2-13H,14-15H2,1H3,(H,30,32)/b23-12+. The van der Waals surface area contributed by atoms with Gasteiger partial charge in [0.25, 0.3) is 11.1 Å². The van der Waals surface area contributed by atoms with Crippen LogP contribution in [0.15, 0.2) is 71.6 Å². The molecule has 4 rings (SSSR count). The Hall–Kier alpha value is -4.15. The number of hydrogen-bond acceptors (Lipinski definition) is 7. The van der Waals surface area contributed by atoms with E-state index in [4.69, 9.17) is 16.3 Å². The van der Waals surface area contributed by atoms with Gasteiger partial charge in [-0.05, 0) is 59.8 Å². The second-order valence-corrected chi connectivity index (χ2v) is 9.36. The number of carbonyl (C=O) groups is 4. The van der Waals surface area contributed by atoms with Gasteiger partial charge in [0, 0.05) is 11.3 Å². The average molecular weight is 555 g/mol. The molecule has 0 atom stereocenters. The second kappa shape index (κ2) is 11.9. The zero-order valence-electron chi connectivity index (χ0n) is 19.9. The number of amides is 3. The number of esters is 1. The highest BCUT2D eigenvalue weighted by atomic mass is 35.5. The van der Waals surface area contributed by atoms with Crippen molar-refractivity contribution in [1.29, 1.82) is 0 Å². The van der Waals surface area contributed by atoms with E-state index in [1.807, 2.05) is 0 Å². The van der Waals surface area contributed by atoms with Crippen molar-refractivity contribution in [3.8, 4) is 5.75 Å². The van der Waals surface area contributed by atoms with Crippen LogP contribution in [0.1, 0.15) is 21.5 Å². The van der Waals surface area contributed by atoms with Crippen molar-refractivity contribution < 1.29 is 33.0 Å². The number of ether oxygens (including phenoxy) is 2. The first kappa shape index (κ1) is 26.9. The summed E-state index contributed by atoms with van der Waals surface area (Å²) in [6.07, 6.45) is 1.51. The molecule has 11 heteroatoms. The van der Waals surface area contributed by atoms with E-state index in [0.717, 1.165) is 4.90 Å². The highest BCUT2D eigenvalue weighted by molar-refractivity contribution is 8.18. The molecule has 1 N–H and O–H groups in total. The van der Waals surface area contributed by atoms with Gasteiger partial charge in [-0.15, -0.1) is 0 Å². The fourth-order valence-corrected chi connectivity index (χ4v) is 4.50. The molecule has 194 valence electrons. The van der Waals surface area contributed by atoms with Gasteiger partial charge in [-0.25, -0.2) is 9.18 Å². The van der Waals surface area contributed by atoms with Crippen molar-refractivity contribution in [3.63, 3.8) is 0 Å². The molecular formula is C27H20ClFN2O6S. The maximum absolute atomic E-state index is 13.8. The number of imide groups is 1. The number of halogens is 2. The van der Waals surface area contributed by atoms with Crippen LogP contribution in [0.4, 0.5) is 14.9 Å². The van der Waals surface area contributed by atoms with Crippen LogP contribution in [0.2, 0.25) is 5.02 Å². The molecule has 0 spiro atoms. The van der Waals surface area contributed by atoms with Crippen molar-refractivity contribution in [2.45, 2.75) is 6.61 Å². The molecule has 0 radical (unpaired) electrons. The average Bonchev–Trinajstić information content (AvgIpc) is 3.16. The van der Waals surface area contributed by atoms with Gasteiger partial charge in [-0.3, -0.25) is 19.3 Å². The molecule has 1 aliphatic heterocycles. The zero-order valence-corrected chi connectivity index (χ0v) is 21.5. The van der Waals surface area contributed by atoms with Crippen LogP contribution >= 0.6 is 23.4 Å². The Morgan fingerprint density at radius 3 is 2.63 bits per heavy atom. The van der Waals surface area contributed by atoms with Gasteiger partial charge in [0.2, 0.25) is 5.91 Å². The molecule has 1 heterocycles. The van der Waals surface area contributed by atoms with E-state index in [1.165, 1.54) is 37.5 Å². The lowest BCUT2D eigenvalue weighted by Crippen LogP contribution is -2.36. The Kier molecular flexibility index (Phi) is 8.45. The Balaban J connectivity index is 1.41. The zero-order chi connectivity index (χ0) is 27.2. The molecule has 3 aromatic rings. The third kappa shape index (κ3) is 6.39. The fourth-order valence-electron chi connectivity index (χ4n) is 3.47. The van der Waals surface area contributed by atoms with Crippen molar-refractivity contribution >= 4 is 58.1 Å². The van der Waals surface area contributed by atoms with E-state index >= 15 is 0 Å². The quantitative estimate of drug-likeness (QED) is 0.289. The van der Waals surface area contributed by atoms with Gasteiger partial charge in [0.1, 0.15) is 24.7 Å². The first-order valence-corrected chi connectivity index (χ1v) is 12.3. The highest BCUT2D eigenvalue weighted by Crippen LogP contribution is 2.33. The summed E-state index contributed by atoms with van der Waals surface area (Å²) in [7, 11) is 1.20. The maximum Gasteiger partial charge on any atom is 0.339 e. The van der Waals surface area contributed by atoms with E-state index in [1.54, 1.807) is 42.5 Å². The minimum Gasteiger partial charge on any atom is -0.489 e. The number of rotatable bonds is 8. The summed E-state index contributed by atoms with van der Waals surface area (Å²) in [5.74, 6) is -1.87. The lowest BCUT2D eigenvalue weighted by Gasteiger charge is -2.13. The smallest absolute Gasteiger partial charge is 0.339 e. The number of thioether (sulfide) groups is 1. The largest absolute Gasteiger partial charge is 0.489 e. The van der Waals surface area contributed by atoms with E-state index in [2.05, 4.69) is 10.1 Å². The molecule has 0 unspecified atom stereocenters. The number of carbonyl (C=O) groups excluding carboxylic acids is 4. The molecule has 1 saturated heterocycles. The van der Waals surface area contributed by atoms with Gasteiger partial charge in [-0.2, -0.15) is 0 Å². The number of methoxy groups -OCH3 is 1. The number of nitrogens with zero attached hydrogens (tertiary/aromatic N) is 1. The van der Waals surface area contributed by atoms with Crippen molar-refractivity contribution in [1.82, 2.24) is 4.90 Å². The number of anilines is 1. The predicted octanol–water partition coefficient (Wildman–Crippen LogP) is 5.52. The minimum absolute atomic E-state index is 0.0243. The predicted molar refractivity (Wildman–Crippen MR) is 141 cm³/mol. The molecule has 0 bridgehead atoms. The van der Waals surface area contributed by atoms with Gasteiger partial charge in [0.05, 0.1) is 22.6 Å². The fraction of sp³-hybridized carbons (Fsp3) is 0.111. The Morgan fingerprint density at radius 2 is 1.87 bits per heavy atom. The molecule has 0 saturated carbocycles. The molecule has 3 amide bonds. The van der Waals surface area contributed by atoms with Crippen LogP contribution < -0.4 is 10.1 Å². The molecule has 1 aliphatic rings. The summed E-state index contributed by atoms with van der Waals surface area (Å²) in [5, 5.41) is 2.08. The lowest BCUT2D eigenvalue weighted by molar-refractivity contribution is -0.127. The van der Waals surface area contributed by atoms with Crippen LogP contribution in [0, 0.1) is 5.82 Å². The number of benzene rings is 3. The third-order valence-corrected chi connectivity index (χ3v) is 6.58. The van der Waals surface area contributed by atoms with Crippen molar-refractivity contribution in [2.24, 2.45) is 0 Å². The summed E-state index contributed by atoms with van der Waals surface area (Å²) < 4.78 is 24.2. The Morgan fingerprint density at radius 1 is 1.08 bits per heavy atom. The van der Waals surface area contributed by atoms with E-state index in [0.29, 0.717) is 28.6 Å². The Labute approximate surface area is 226 Å². The van der Waals surface area contributed by atoms with Crippen LogP contribution in [-0.2, 0) is 20.9 Å². The molecule has 1 fully saturated rings. The third-order valence-electron chi connectivity index (χ3n) is 5.34. The normalized spacial score (nSPS) is 14.1. The van der Waals surface area contributed by atoms with Crippen LogP contribution in [-0.4, -0.2) is 41.6 Å². The molecule has 8 nitrogen and oxygen atoms in total. The topological polar surface area (TPSA) is 102 Å². The monoisotopic (exact) mass is 554 g/mol. The molecule has 0 aromatic heterocycles. The van der Waals surface area contributed by atoms with E-state index in [-0.39, 0.29) is 33.6 Å². The molecular weight excluding hydrogens is 535 g/mol. The van der Waals surface area contributed by atoms with Gasteiger partial charge < -0.3 is 14.8 Å². The maximum atomic E-state index is 13.8. The number of hydrogen-bond donors (Lipinski definition) is 1. The lowest BCUT2D eigenvalue weighted by atomic mass is 10.2. The molecule has 0 aliphatic carbocycles. The van der Waals surface area contributed by atoms with Crippen molar-refractivity contribution in [3.05, 3.63) is 99.2 Å². The summed E-state index contributed by atoms with van der Waals surface area (Å²) >= 11 is 6.69. The second-order valence-electron chi connectivity index (χ2n) is 7.95. The number of nitrogens with one attached hydrogen (secondary N) is 1. The first-order valence-electron chi connectivity index (χ1n) is 11.1. The van der Waals surface area contributed by atoms with Gasteiger partial charge in [0.15, 0.2) is 0 Å². The van der Waals surface area contributed by atoms with Crippen molar-refractivity contribution in [2.75, 3.05) is 19.0 Å². The van der Waals surface area contributed by atoms with Gasteiger partial charge >= 0.3 is 5.97 Å². The summed E-state index contributed by atoms with van der Waals surface area (Å²) in [6, 6.07) is 17.3. The highest BCUT2D eigenvalue weighted by Gasteiger charge is 2.36. The van der Waals surface area contributed by atoms with Gasteiger partial charge in [-0.1, -0.05) is 41.9 Å². The summed E-state index contributed by atoms with van der Waals surface area (Å²) in [6.45, 7) is -0.500.